The number of carbonyl (C=O) groups is 2. The number of imide groups is 1. The topological polar surface area (TPSA) is 60.9 Å². The standard InChI is InChI=1S/C25H34N2O3.BrH/c28-21-7-5-6-18-8-9-19-16-26(17-20(19)24(18)21)12-3-4-13-27-22(29)14-25(15-23(27)30)10-1-2-11-25;/h5-7,19-20,28H,1-4,8-17H2;1H/t19-,20+;/m0./s1. The van der Waals surface area contributed by atoms with Crippen LogP contribution >= 0.6 is 17.0 Å². The summed E-state index contributed by atoms with van der Waals surface area (Å²) in [7, 11) is 0. The first-order chi connectivity index (χ1) is 14.5. The number of hydrogen-bond acceptors (Lipinski definition) is 4. The second-order valence-corrected chi connectivity index (χ2v) is 10.2. The van der Waals surface area contributed by atoms with Crippen LogP contribution in [0.1, 0.15) is 74.8 Å². The van der Waals surface area contributed by atoms with Crippen molar-refractivity contribution in [2.75, 3.05) is 26.2 Å². The Labute approximate surface area is 195 Å². The molecule has 4 aliphatic rings. The molecule has 5 rings (SSSR count). The first-order valence-corrected chi connectivity index (χ1v) is 11.9. The SMILES string of the molecule is Br.O=C1CC2(CCCC2)CC(=O)N1CCCCN1C[C@@H]2CCc3cccc(O)c3[C@@H]2C1. The number of carbonyl (C=O) groups excluding carboxylic acids is 2. The van der Waals surface area contributed by atoms with Gasteiger partial charge in [-0.15, -0.1) is 17.0 Å². The van der Waals surface area contributed by atoms with Gasteiger partial charge in [0, 0.05) is 44.0 Å². The number of likely N-dealkylation sites (tertiary alicyclic amines) is 2. The zero-order chi connectivity index (χ0) is 20.7. The van der Waals surface area contributed by atoms with Gasteiger partial charge in [0.1, 0.15) is 5.75 Å². The van der Waals surface area contributed by atoms with Crippen molar-refractivity contribution in [3.05, 3.63) is 29.3 Å². The van der Waals surface area contributed by atoms with Gasteiger partial charge in [-0.2, -0.15) is 0 Å². The van der Waals surface area contributed by atoms with Crippen molar-refractivity contribution in [2.24, 2.45) is 11.3 Å². The summed E-state index contributed by atoms with van der Waals surface area (Å²) in [5.41, 5.74) is 2.50. The third kappa shape index (κ3) is 4.43. The summed E-state index contributed by atoms with van der Waals surface area (Å²) in [5, 5.41) is 10.4. The predicted molar refractivity (Wildman–Crippen MR) is 126 cm³/mol. The highest BCUT2D eigenvalue weighted by atomic mass is 79.9. The molecule has 1 aromatic rings. The highest BCUT2D eigenvalue weighted by molar-refractivity contribution is 8.93. The Morgan fingerprint density at radius 2 is 1.71 bits per heavy atom. The lowest BCUT2D eigenvalue weighted by molar-refractivity contribution is -0.153. The molecule has 6 heteroatoms. The van der Waals surface area contributed by atoms with Gasteiger partial charge in [-0.1, -0.05) is 25.0 Å². The first-order valence-electron chi connectivity index (χ1n) is 11.9. The van der Waals surface area contributed by atoms with Crippen LogP contribution in [-0.2, 0) is 16.0 Å². The van der Waals surface area contributed by atoms with E-state index in [1.54, 1.807) is 4.90 Å². The van der Waals surface area contributed by atoms with Gasteiger partial charge in [0.25, 0.3) is 0 Å². The number of benzene rings is 1. The largest absolute Gasteiger partial charge is 0.508 e. The number of phenols is 1. The molecule has 1 aromatic carbocycles. The van der Waals surface area contributed by atoms with Crippen molar-refractivity contribution in [3.8, 4) is 5.75 Å². The Morgan fingerprint density at radius 3 is 2.45 bits per heavy atom. The fraction of sp³-hybridized carbons (Fsp3) is 0.680. The summed E-state index contributed by atoms with van der Waals surface area (Å²) in [6.45, 7) is 3.70. The van der Waals surface area contributed by atoms with Crippen molar-refractivity contribution in [1.29, 1.82) is 0 Å². The van der Waals surface area contributed by atoms with Gasteiger partial charge in [0.05, 0.1) is 0 Å². The number of phenolic OH excluding ortho intramolecular Hbond substituents is 1. The summed E-state index contributed by atoms with van der Waals surface area (Å²) in [6, 6.07) is 5.95. The molecular formula is C25H35BrN2O3. The highest BCUT2D eigenvalue weighted by Crippen LogP contribution is 2.47. The minimum absolute atomic E-state index is 0. The van der Waals surface area contributed by atoms with Crippen LogP contribution in [0.15, 0.2) is 18.2 Å². The fourth-order valence-electron chi connectivity index (χ4n) is 6.72. The summed E-state index contributed by atoms with van der Waals surface area (Å²) in [5.74, 6) is 1.67. The molecule has 170 valence electrons. The maximum atomic E-state index is 12.6. The van der Waals surface area contributed by atoms with Crippen molar-refractivity contribution < 1.29 is 14.7 Å². The number of piperidine rings is 1. The minimum atomic E-state index is -0.00162. The van der Waals surface area contributed by atoms with Gasteiger partial charge in [-0.3, -0.25) is 14.5 Å². The van der Waals surface area contributed by atoms with Crippen LogP contribution in [0.5, 0.6) is 5.75 Å². The molecule has 1 spiro atoms. The first kappa shape index (κ1) is 22.8. The van der Waals surface area contributed by atoms with Gasteiger partial charge in [0.2, 0.25) is 11.8 Å². The molecule has 2 amide bonds. The normalized spacial score (nSPS) is 27.3. The van der Waals surface area contributed by atoms with E-state index in [2.05, 4.69) is 11.0 Å². The van der Waals surface area contributed by atoms with Crippen molar-refractivity contribution in [3.63, 3.8) is 0 Å². The molecule has 0 unspecified atom stereocenters. The van der Waals surface area contributed by atoms with E-state index in [-0.39, 0.29) is 34.2 Å². The number of aromatic hydroxyl groups is 1. The Bertz CT molecular complexity index is 816. The predicted octanol–water partition coefficient (Wildman–Crippen LogP) is 4.42. The van der Waals surface area contributed by atoms with Crippen LogP contribution < -0.4 is 0 Å². The number of fused-ring (bicyclic) bond motifs is 3. The van der Waals surface area contributed by atoms with Gasteiger partial charge in [0.15, 0.2) is 0 Å². The molecule has 2 saturated heterocycles. The van der Waals surface area contributed by atoms with Crippen LogP contribution in [0.25, 0.3) is 0 Å². The molecule has 0 radical (unpaired) electrons. The van der Waals surface area contributed by atoms with Crippen LogP contribution in [0.2, 0.25) is 0 Å². The molecule has 0 bridgehead atoms. The average molecular weight is 491 g/mol. The number of halogens is 1. The summed E-state index contributed by atoms with van der Waals surface area (Å²) in [6.07, 6.45) is 9.76. The van der Waals surface area contributed by atoms with Crippen LogP contribution in [-0.4, -0.2) is 52.9 Å². The van der Waals surface area contributed by atoms with Gasteiger partial charge in [-0.25, -0.2) is 0 Å². The molecule has 2 aliphatic heterocycles. The number of aryl methyl sites for hydroxylation is 1. The number of amides is 2. The Kier molecular flexibility index (Phi) is 6.78. The zero-order valence-corrected chi connectivity index (χ0v) is 20.1. The number of hydrogen-bond donors (Lipinski definition) is 1. The number of rotatable bonds is 5. The second-order valence-electron chi connectivity index (χ2n) is 10.2. The van der Waals surface area contributed by atoms with E-state index in [4.69, 9.17) is 0 Å². The van der Waals surface area contributed by atoms with Crippen LogP contribution in [0.4, 0.5) is 0 Å². The molecular weight excluding hydrogens is 456 g/mol. The molecule has 1 saturated carbocycles. The lowest BCUT2D eigenvalue weighted by atomic mass is 9.76. The maximum Gasteiger partial charge on any atom is 0.229 e. The quantitative estimate of drug-likeness (QED) is 0.490. The Balaban J connectivity index is 0.00000231. The second kappa shape index (κ2) is 9.22. The maximum absolute atomic E-state index is 12.6. The fourth-order valence-corrected chi connectivity index (χ4v) is 6.72. The lowest BCUT2D eigenvalue weighted by Gasteiger charge is -2.37. The van der Waals surface area contributed by atoms with Crippen molar-refractivity contribution in [1.82, 2.24) is 9.80 Å². The third-order valence-electron chi connectivity index (χ3n) is 8.27. The van der Waals surface area contributed by atoms with E-state index in [1.165, 1.54) is 30.4 Å². The highest BCUT2D eigenvalue weighted by Gasteiger charge is 2.45. The number of unbranched alkanes of at least 4 members (excludes halogenated alkanes) is 1. The van der Waals surface area contributed by atoms with E-state index in [0.717, 1.165) is 51.7 Å². The van der Waals surface area contributed by atoms with E-state index >= 15 is 0 Å². The lowest BCUT2D eigenvalue weighted by Crippen LogP contribution is -2.47. The van der Waals surface area contributed by atoms with Gasteiger partial charge >= 0.3 is 0 Å². The number of nitrogens with zero attached hydrogens (tertiary/aromatic N) is 2. The van der Waals surface area contributed by atoms with Gasteiger partial charge < -0.3 is 10.0 Å². The Morgan fingerprint density at radius 1 is 1.00 bits per heavy atom. The molecule has 2 atom stereocenters. The molecule has 0 aromatic heterocycles. The van der Waals surface area contributed by atoms with Crippen molar-refractivity contribution >= 4 is 28.8 Å². The molecule has 31 heavy (non-hydrogen) atoms. The molecule has 5 nitrogen and oxygen atoms in total. The smallest absolute Gasteiger partial charge is 0.229 e. The van der Waals surface area contributed by atoms with Crippen LogP contribution in [0, 0.1) is 11.3 Å². The zero-order valence-electron chi connectivity index (χ0n) is 18.4. The summed E-state index contributed by atoms with van der Waals surface area (Å²) < 4.78 is 0. The third-order valence-corrected chi connectivity index (χ3v) is 8.27. The van der Waals surface area contributed by atoms with Crippen LogP contribution in [0.3, 0.4) is 0 Å². The summed E-state index contributed by atoms with van der Waals surface area (Å²) >= 11 is 0. The van der Waals surface area contributed by atoms with E-state index in [9.17, 15) is 14.7 Å². The molecule has 1 N–H and O–H groups in total. The molecule has 3 fully saturated rings. The van der Waals surface area contributed by atoms with E-state index < -0.39 is 0 Å². The summed E-state index contributed by atoms with van der Waals surface area (Å²) in [4.78, 5) is 29.3. The minimum Gasteiger partial charge on any atom is -0.508 e. The molecule has 2 aliphatic carbocycles. The van der Waals surface area contributed by atoms with Gasteiger partial charge in [-0.05, 0) is 68.0 Å². The Hall–Kier alpha value is -1.40. The van der Waals surface area contributed by atoms with E-state index in [0.29, 0.717) is 37.0 Å². The monoisotopic (exact) mass is 490 g/mol. The van der Waals surface area contributed by atoms with E-state index in [1.807, 2.05) is 12.1 Å². The average Bonchev–Trinajstić information content (AvgIpc) is 3.33. The molecule has 2 heterocycles. The van der Waals surface area contributed by atoms with Crippen molar-refractivity contribution in [2.45, 2.75) is 70.1 Å².